The highest BCUT2D eigenvalue weighted by Gasteiger charge is 2.24. The van der Waals surface area contributed by atoms with Gasteiger partial charge in [0.05, 0.1) is 24.3 Å². The van der Waals surface area contributed by atoms with Crippen molar-refractivity contribution in [2.75, 3.05) is 6.54 Å². The maximum absolute atomic E-state index is 9.33. The van der Waals surface area contributed by atoms with Gasteiger partial charge in [0, 0.05) is 5.39 Å². The SMILES string of the molecule is CCCNC(C)(C#N)Cn1ncc2ccccc21. The smallest absolute Gasteiger partial charge is 0.123 e. The first-order chi connectivity index (χ1) is 8.68. The van der Waals surface area contributed by atoms with Crippen LogP contribution in [-0.4, -0.2) is 21.9 Å². The molecule has 94 valence electrons. The zero-order valence-electron chi connectivity index (χ0n) is 10.8. The molecule has 1 N–H and O–H groups in total. The van der Waals surface area contributed by atoms with Crippen LogP contribution in [0.3, 0.4) is 0 Å². The highest BCUT2D eigenvalue weighted by atomic mass is 15.3. The van der Waals surface area contributed by atoms with Gasteiger partial charge in [0.15, 0.2) is 0 Å². The van der Waals surface area contributed by atoms with Crippen LogP contribution in [0.4, 0.5) is 0 Å². The first kappa shape index (κ1) is 12.6. The van der Waals surface area contributed by atoms with E-state index in [0.717, 1.165) is 23.9 Å². The summed E-state index contributed by atoms with van der Waals surface area (Å²) in [5.41, 5.74) is 0.488. The average Bonchev–Trinajstić information content (AvgIpc) is 2.80. The predicted octanol–water partition coefficient (Wildman–Crippen LogP) is 2.32. The molecule has 2 rings (SSSR count). The summed E-state index contributed by atoms with van der Waals surface area (Å²) in [6, 6.07) is 10.4. The molecule has 1 aromatic carbocycles. The molecule has 1 atom stereocenters. The molecule has 0 spiro atoms. The zero-order valence-corrected chi connectivity index (χ0v) is 10.8. The van der Waals surface area contributed by atoms with E-state index >= 15 is 0 Å². The lowest BCUT2D eigenvalue weighted by molar-refractivity contribution is 0.377. The van der Waals surface area contributed by atoms with Gasteiger partial charge in [-0.25, -0.2) is 0 Å². The molecule has 2 aromatic rings. The first-order valence-corrected chi connectivity index (χ1v) is 6.25. The van der Waals surface area contributed by atoms with E-state index in [9.17, 15) is 5.26 Å². The highest BCUT2D eigenvalue weighted by Crippen LogP contribution is 2.15. The Morgan fingerprint density at radius 3 is 2.94 bits per heavy atom. The Labute approximate surface area is 107 Å². The molecule has 0 fully saturated rings. The number of nitrogens with zero attached hydrogens (tertiary/aromatic N) is 3. The zero-order chi connectivity index (χ0) is 13.0. The third-order valence-electron chi connectivity index (χ3n) is 3.03. The topological polar surface area (TPSA) is 53.6 Å². The lowest BCUT2D eigenvalue weighted by Crippen LogP contribution is -2.45. The van der Waals surface area contributed by atoms with Crippen LogP contribution < -0.4 is 5.32 Å². The van der Waals surface area contributed by atoms with Crippen LogP contribution in [0, 0.1) is 11.3 Å². The van der Waals surface area contributed by atoms with Crippen molar-refractivity contribution in [1.29, 1.82) is 5.26 Å². The average molecular weight is 242 g/mol. The van der Waals surface area contributed by atoms with Gasteiger partial charge in [-0.1, -0.05) is 25.1 Å². The van der Waals surface area contributed by atoms with Gasteiger partial charge in [-0.05, 0) is 26.0 Å². The Kier molecular flexibility index (Phi) is 3.63. The van der Waals surface area contributed by atoms with Gasteiger partial charge in [-0.15, -0.1) is 0 Å². The van der Waals surface area contributed by atoms with E-state index in [4.69, 9.17) is 0 Å². The fourth-order valence-corrected chi connectivity index (χ4v) is 1.98. The molecular formula is C14H18N4. The molecule has 0 aliphatic heterocycles. The summed E-state index contributed by atoms with van der Waals surface area (Å²) >= 11 is 0. The Hall–Kier alpha value is -1.86. The van der Waals surface area contributed by atoms with Crippen molar-refractivity contribution < 1.29 is 0 Å². The van der Waals surface area contributed by atoms with Gasteiger partial charge in [0.1, 0.15) is 5.54 Å². The van der Waals surface area contributed by atoms with E-state index in [-0.39, 0.29) is 0 Å². The highest BCUT2D eigenvalue weighted by molar-refractivity contribution is 5.78. The minimum absolute atomic E-state index is 0.553. The third-order valence-corrected chi connectivity index (χ3v) is 3.03. The summed E-state index contributed by atoms with van der Waals surface area (Å²) in [7, 11) is 0. The van der Waals surface area contributed by atoms with Crippen LogP contribution in [0.5, 0.6) is 0 Å². The van der Waals surface area contributed by atoms with E-state index < -0.39 is 5.54 Å². The molecule has 0 amide bonds. The van der Waals surface area contributed by atoms with Crippen LogP contribution in [0.1, 0.15) is 20.3 Å². The van der Waals surface area contributed by atoms with Crippen LogP contribution in [0.25, 0.3) is 10.9 Å². The summed E-state index contributed by atoms with van der Waals surface area (Å²) in [4.78, 5) is 0. The summed E-state index contributed by atoms with van der Waals surface area (Å²) < 4.78 is 1.89. The quantitative estimate of drug-likeness (QED) is 0.875. The van der Waals surface area contributed by atoms with Gasteiger partial charge in [-0.2, -0.15) is 10.4 Å². The van der Waals surface area contributed by atoms with Crippen molar-refractivity contribution in [2.24, 2.45) is 0 Å². The predicted molar refractivity (Wildman–Crippen MR) is 72.0 cm³/mol. The Balaban J connectivity index is 2.24. The minimum Gasteiger partial charge on any atom is -0.298 e. The maximum atomic E-state index is 9.33. The monoisotopic (exact) mass is 242 g/mol. The molecule has 1 aromatic heterocycles. The van der Waals surface area contributed by atoms with Crippen molar-refractivity contribution in [3.8, 4) is 6.07 Å². The second-order valence-corrected chi connectivity index (χ2v) is 4.73. The molecule has 4 nitrogen and oxygen atoms in total. The number of aromatic nitrogens is 2. The van der Waals surface area contributed by atoms with Gasteiger partial charge >= 0.3 is 0 Å². The normalized spacial score (nSPS) is 14.3. The fraction of sp³-hybridized carbons (Fsp3) is 0.429. The molecule has 0 aliphatic rings. The Morgan fingerprint density at radius 1 is 1.44 bits per heavy atom. The van der Waals surface area contributed by atoms with E-state index in [1.165, 1.54) is 0 Å². The minimum atomic E-state index is -0.579. The van der Waals surface area contributed by atoms with Crippen molar-refractivity contribution in [2.45, 2.75) is 32.4 Å². The summed E-state index contributed by atoms with van der Waals surface area (Å²) in [6.07, 6.45) is 2.85. The number of nitriles is 1. The van der Waals surface area contributed by atoms with E-state index in [2.05, 4.69) is 23.4 Å². The van der Waals surface area contributed by atoms with Gasteiger partial charge in [-0.3, -0.25) is 10.00 Å². The lowest BCUT2D eigenvalue weighted by atomic mass is 10.0. The van der Waals surface area contributed by atoms with Crippen LogP contribution in [0.15, 0.2) is 30.5 Å². The molecular weight excluding hydrogens is 224 g/mol. The number of nitrogens with one attached hydrogen (secondary N) is 1. The van der Waals surface area contributed by atoms with Crippen LogP contribution in [0.2, 0.25) is 0 Å². The maximum Gasteiger partial charge on any atom is 0.123 e. The number of hydrogen-bond acceptors (Lipinski definition) is 3. The largest absolute Gasteiger partial charge is 0.298 e. The van der Waals surface area contributed by atoms with Gasteiger partial charge in [0.25, 0.3) is 0 Å². The number of fused-ring (bicyclic) bond motifs is 1. The second-order valence-electron chi connectivity index (χ2n) is 4.73. The standard InChI is InChI=1S/C14H18N4/c1-3-8-16-14(2,10-15)11-18-13-7-5-4-6-12(13)9-17-18/h4-7,9,16H,3,8,11H2,1-2H3. The molecule has 1 unspecified atom stereocenters. The molecule has 18 heavy (non-hydrogen) atoms. The molecule has 1 heterocycles. The fourth-order valence-electron chi connectivity index (χ4n) is 1.98. The summed E-state index contributed by atoms with van der Waals surface area (Å²) in [5.74, 6) is 0. The second kappa shape index (κ2) is 5.19. The van der Waals surface area contributed by atoms with Crippen LogP contribution >= 0.6 is 0 Å². The first-order valence-electron chi connectivity index (χ1n) is 6.25. The number of benzene rings is 1. The van der Waals surface area contributed by atoms with Gasteiger partial charge in [0.2, 0.25) is 0 Å². The van der Waals surface area contributed by atoms with Gasteiger partial charge < -0.3 is 0 Å². The van der Waals surface area contributed by atoms with E-state index in [0.29, 0.717) is 6.54 Å². The summed E-state index contributed by atoms with van der Waals surface area (Å²) in [5, 5.41) is 18.1. The molecule has 0 aliphatic carbocycles. The molecule has 4 heteroatoms. The third kappa shape index (κ3) is 2.52. The van der Waals surface area contributed by atoms with Crippen molar-refractivity contribution in [1.82, 2.24) is 15.1 Å². The van der Waals surface area contributed by atoms with E-state index in [1.54, 1.807) is 0 Å². The Bertz CT molecular complexity index is 566. The molecule has 0 radical (unpaired) electrons. The number of para-hydroxylation sites is 1. The number of hydrogen-bond donors (Lipinski definition) is 1. The summed E-state index contributed by atoms with van der Waals surface area (Å²) in [6.45, 7) is 5.40. The molecule has 0 bridgehead atoms. The van der Waals surface area contributed by atoms with Crippen molar-refractivity contribution in [3.63, 3.8) is 0 Å². The van der Waals surface area contributed by atoms with Crippen LogP contribution in [-0.2, 0) is 6.54 Å². The van der Waals surface area contributed by atoms with Crippen molar-refractivity contribution in [3.05, 3.63) is 30.5 Å². The van der Waals surface area contributed by atoms with Crippen molar-refractivity contribution >= 4 is 10.9 Å². The molecule has 0 saturated heterocycles. The lowest BCUT2D eigenvalue weighted by Gasteiger charge is -2.23. The van der Waals surface area contributed by atoms with E-state index in [1.807, 2.05) is 42.1 Å². The Morgan fingerprint density at radius 2 is 2.22 bits per heavy atom. The molecule has 0 saturated carbocycles. The number of rotatable bonds is 5.